The number of nitrogens with zero attached hydrogens (tertiary/aromatic N) is 4. The Kier molecular flexibility index (Phi) is 8.62. The summed E-state index contributed by atoms with van der Waals surface area (Å²) in [6.07, 6.45) is 7.78. The first-order valence-electron chi connectivity index (χ1n) is 19.2. The molecule has 4 heteroatoms. The lowest BCUT2D eigenvalue weighted by Gasteiger charge is -2.26. The van der Waals surface area contributed by atoms with Crippen molar-refractivity contribution in [2.45, 2.75) is 6.42 Å². The molecule has 0 saturated heterocycles. The van der Waals surface area contributed by atoms with Gasteiger partial charge in [-0.1, -0.05) is 152 Å². The van der Waals surface area contributed by atoms with Gasteiger partial charge in [-0.05, 0) is 77.7 Å². The molecule has 0 aliphatic carbocycles. The molecular formula is C52H38N4. The average Bonchev–Trinajstić information content (AvgIpc) is 3.65. The highest BCUT2D eigenvalue weighted by Crippen LogP contribution is 2.37. The molecular weight excluding hydrogens is 681 g/mol. The highest BCUT2D eigenvalue weighted by molar-refractivity contribution is 6.10. The molecule has 10 rings (SSSR count). The molecule has 9 aromatic rings. The Morgan fingerprint density at radius 1 is 0.446 bits per heavy atom. The first kappa shape index (κ1) is 33.3. The molecule has 0 amide bonds. The van der Waals surface area contributed by atoms with Gasteiger partial charge in [0.2, 0.25) is 0 Å². The Labute approximate surface area is 327 Å². The SMILES string of the molecule is C1=CC(c2ccc3c(c2)c2ccccc2n3-c2ccccc2)=CCc2ccccc2N(c2cccc(-c3cc(-c4ccccc4)nc(-c4ccccc4)n3)c2)C1. The normalized spacial score (nSPS) is 12.9. The second-order valence-electron chi connectivity index (χ2n) is 14.2. The van der Waals surface area contributed by atoms with E-state index in [2.05, 4.69) is 191 Å². The van der Waals surface area contributed by atoms with Gasteiger partial charge in [-0.2, -0.15) is 0 Å². The van der Waals surface area contributed by atoms with Crippen LogP contribution in [0.1, 0.15) is 11.1 Å². The van der Waals surface area contributed by atoms with Gasteiger partial charge in [-0.25, -0.2) is 9.97 Å². The minimum Gasteiger partial charge on any atom is -0.337 e. The van der Waals surface area contributed by atoms with Crippen molar-refractivity contribution in [2.24, 2.45) is 0 Å². The van der Waals surface area contributed by atoms with E-state index in [1.54, 1.807) is 0 Å². The fourth-order valence-corrected chi connectivity index (χ4v) is 7.99. The fraction of sp³-hybridized carbons (Fsp3) is 0.0385. The highest BCUT2D eigenvalue weighted by Gasteiger charge is 2.18. The summed E-state index contributed by atoms with van der Waals surface area (Å²) in [6.45, 7) is 0.710. The Hall–Kier alpha value is -7.30. The molecule has 3 heterocycles. The van der Waals surface area contributed by atoms with Gasteiger partial charge in [0.15, 0.2) is 5.82 Å². The van der Waals surface area contributed by atoms with Gasteiger partial charge in [-0.15, -0.1) is 0 Å². The maximum atomic E-state index is 5.13. The van der Waals surface area contributed by atoms with E-state index in [1.165, 1.54) is 49.9 Å². The van der Waals surface area contributed by atoms with Crippen molar-refractivity contribution in [1.82, 2.24) is 14.5 Å². The van der Waals surface area contributed by atoms with Crippen LogP contribution in [0.2, 0.25) is 0 Å². The van der Waals surface area contributed by atoms with Crippen LogP contribution >= 0.6 is 0 Å². The molecule has 2 aromatic heterocycles. The van der Waals surface area contributed by atoms with Crippen LogP contribution in [0.5, 0.6) is 0 Å². The predicted octanol–water partition coefficient (Wildman–Crippen LogP) is 12.9. The summed E-state index contributed by atoms with van der Waals surface area (Å²) in [5.74, 6) is 0.713. The van der Waals surface area contributed by atoms with Crippen molar-refractivity contribution in [3.05, 3.63) is 217 Å². The zero-order chi connectivity index (χ0) is 37.3. The van der Waals surface area contributed by atoms with E-state index >= 15 is 0 Å². The monoisotopic (exact) mass is 718 g/mol. The molecule has 1 aliphatic heterocycles. The van der Waals surface area contributed by atoms with Crippen LogP contribution < -0.4 is 4.90 Å². The Bertz CT molecular complexity index is 2850. The third-order valence-corrected chi connectivity index (χ3v) is 10.7. The number of allylic oxidation sites excluding steroid dienone is 3. The maximum absolute atomic E-state index is 5.13. The number of fused-ring (bicyclic) bond motifs is 4. The molecule has 56 heavy (non-hydrogen) atoms. The van der Waals surface area contributed by atoms with E-state index in [1.807, 2.05) is 24.3 Å². The fourth-order valence-electron chi connectivity index (χ4n) is 7.99. The van der Waals surface area contributed by atoms with Gasteiger partial charge >= 0.3 is 0 Å². The van der Waals surface area contributed by atoms with Crippen LogP contribution in [0.3, 0.4) is 0 Å². The summed E-state index contributed by atoms with van der Waals surface area (Å²) in [7, 11) is 0. The zero-order valence-electron chi connectivity index (χ0n) is 30.8. The van der Waals surface area contributed by atoms with Crippen molar-refractivity contribution in [2.75, 3.05) is 11.4 Å². The van der Waals surface area contributed by atoms with E-state index in [4.69, 9.17) is 9.97 Å². The second-order valence-corrected chi connectivity index (χ2v) is 14.2. The predicted molar refractivity (Wildman–Crippen MR) is 233 cm³/mol. The molecule has 266 valence electrons. The molecule has 0 fully saturated rings. The first-order valence-corrected chi connectivity index (χ1v) is 19.2. The summed E-state index contributed by atoms with van der Waals surface area (Å²) >= 11 is 0. The summed E-state index contributed by atoms with van der Waals surface area (Å²) in [5.41, 5.74) is 14.5. The quantitative estimate of drug-likeness (QED) is 0.172. The molecule has 0 atom stereocenters. The number of hydrogen-bond acceptors (Lipinski definition) is 3. The standard InChI is InChI=1S/C52H38N4/c1-4-16-38(17-5-1)47-36-48(54-52(53-47)40-19-6-2-7-20-40)42-21-14-25-44(34-42)55-33-15-22-37(29-30-39-18-10-12-27-49(39)55)41-31-32-51-46(35-41)45-26-11-13-28-50(45)56(51)43-23-8-3-9-24-43/h1-29,31-32,34-36H,30,33H2. The van der Waals surface area contributed by atoms with Crippen LogP contribution in [0, 0.1) is 0 Å². The van der Waals surface area contributed by atoms with Gasteiger partial charge in [0, 0.05) is 51.1 Å². The maximum Gasteiger partial charge on any atom is 0.160 e. The molecule has 4 nitrogen and oxygen atoms in total. The Balaban J connectivity index is 1.03. The van der Waals surface area contributed by atoms with Crippen molar-refractivity contribution < 1.29 is 0 Å². The van der Waals surface area contributed by atoms with Gasteiger partial charge in [0.05, 0.1) is 22.4 Å². The molecule has 0 spiro atoms. The summed E-state index contributed by atoms with van der Waals surface area (Å²) in [4.78, 5) is 12.6. The van der Waals surface area contributed by atoms with E-state index in [9.17, 15) is 0 Å². The van der Waals surface area contributed by atoms with Crippen molar-refractivity contribution in [3.8, 4) is 39.6 Å². The summed E-state index contributed by atoms with van der Waals surface area (Å²) in [6, 6.07) is 66.5. The van der Waals surface area contributed by atoms with Crippen molar-refractivity contribution in [1.29, 1.82) is 0 Å². The van der Waals surface area contributed by atoms with Crippen molar-refractivity contribution in [3.63, 3.8) is 0 Å². The number of rotatable bonds is 6. The van der Waals surface area contributed by atoms with Gasteiger partial charge in [0.1, 0.15) is 0 Å². The van der Waals surface area contributed by atoms with Crippen LogP contribution in [0.15, 0.2) is 206 Å². The molecule has 0 bridgehead atoms. The summed E-state index contributed by atoms with van der Waals surface area (Å²) in [5, 5.41) is 2.51. The molecule has 0 saturated carbocycles. The minimum absolute atomic E-state index is 0.710. The molecule has 7 aromatic carbocycles. The van der Waals surface area contributed by atoms with E-state index in [0.29, 0.717) is 12.4 Å². The van der Waals surface area contributed by atoms with Gasteiger partial charge in [0.25, 0.3) is 0 Å². The number of hydrogen-bond donors (Lipinski definition) is 0. The van der Waals surface area contributed by atoms with Crippen LogP contribution in [0.25, 0.3) is 67.0 Å². The molecule has 0 unspecified atom stereocenters. The second kappa shape index (κ2) is 14.5. The third-order valence-electron chi connectivity index (χ3n) is 10.7. The summed E-state index contributed by atoms with van der Waals surface area (Å²) < 4.78 is 2.37. The molecule has 1 aliphatic rings. The van der Waals surface area contributed by atoms with E-state index in [-0.39, 0.29) is 0 Å². The lowest BCUT2D eigenvalue weighted by atomic mass is 9.99. The lowest BCUT2D eigenvalue weighted by molar-refractivity contribution is 1.07. The topological polar surface area (TPSA) is 34.0 Å². The third kappa shape index (κ3) is 6.27. The minimum atomic E-state index is 0.710. The van der Waals surface area contributed by atoms with Gasteiger partial charge in [-0.3, -0.25) is 0 Å². The first-order chi connectivity index (χ1) is 27.8. The molecule has 0 N–H and O–H groups in total. The molecule has 0 radical (unpaired) electrons. The van der Waals surface area contributed by atoms with E-state index < -0.39 is 0 Å². The van der Waals surface area contributed by atoms with Crippen molar-refractivity contribution >= 4 is 38.8 Å². The smallest absolute Gasteiger partial charge is 0.160 e. The zero-order valence-corrected chi connectivity index (χ0v) is 30.8. The van der Waals surface area contributed by atoms with E-state index in [0.717, 1.165) is 40.2 Å². The van der Waals surface area contributed by atoms with Crippen LogP contribution in [-0.2, 0) is 6.42 Å². The lowest BCUT2D eigenvalue weighted by Crippen LogP contribution is -2.18. The van der Waals surface area contributed by atoms with Crippen LogP contribution in [-0.4, -0.2) is 21.1 Å². The number of benzene rings is 7. The average molecular weight is 719 g/mol. The Morgan fingerprint density at radius 2 is 1.09 bits per heavy atom. The largest absolute Gasteiger partial charge is 0.337 e. The Morgan fingerprint density at radius 3 is 1.91 bits per heavy atom. The number of para-hydroxylation sites is 3. The van der Waals surface area contributed by atoms with Crippen LogP contribution in [0.4, 0.5) is 11.4 Å². The van der Waals surface area contributed by atoms with Gasteiger partial charge < -0.3 is 9.47 Å². The number of anilines is 2. The highest BCUT2D eigenvalue weighted by atomic mass is 15.1. The number of aromatic nitrogens is 3.